The Bertz CT molecular complexity index is 934. The molecule has 1 amide bonds. The fourth-order valence-electron chi connectivity index (χ4n) is 1.89. The van der Waals surface area contributed by atoms with Gasteiger partial charge in [0.05, 0.1) is 26.2 Å². The van der Waals surface area contributed by atoms with Crippen LogP contribution in [0.5, 0.6) is 0 Å². The fourth-order valence-corrected chi connectivity index (χ4v) is 3.36. The minimum atomic E-state index is -4.59. The van der Waals surface area contributed by atoms with Crippen molar-refractivity contribution >= 4 is 44.8 Å². The van der Waals surface area contributed by atoms with Crippen molar-refractivity contribution < 1.29 is 26.4 Å². The molecule has 5 nitrogen and oxygen atoms in total. The Morgan fingerprint density at radius 1 is 1.04 bits per heavy atom. The first-order chi connectivity index (χ1) is 12.0. The average Bonchev–Trinajstić information content (AvgIpc) is 2.54. The number of halogens is 5. The Morgan fingerprint density at radius 2 is 1.69 bits per heavy atom. The van der Waals surface area contributed by atoms with Gasteiger partial charge >= 0.3 is 6.18 Å². The Kier molecular flexibility index (Phi) is 6.05. The molecule has 0 aliphatic heterocycles. The van der Waals surface area contributed by atoms with Crippen molar-refractivity contribution in [3.63, 3.8) is 0 Å². The summed E-state index contributed by atoms with van der Waals surface area (Å²) in [6.45, 7) is -1.54. The van der Waals surface area contributed by atoms with Crippen molar-refractivity contribution in [2.24, 2.45) is 0 Å². The van der Waals surface area contributed by atoms with Crippen LogP contribution in [0.1, 0.15) is 10.4 Å². The Morgan fingerprint density at radius 3 is 2.31 bits per heavy atom. The van der Waals surface area contributed by atoms with Crippen LogP contribution in [0.25, 0.3) is 0 Å². The van der Waals surface area contributed by atoms with Gasteiger partial charge in [-0.3, -0.25) is 9.52 Å². The number of nitrogens with one attached hydrogen (secondary N) is 2. The summed E-state index contributed by atoms with van der Waals surface area (Å²) >= 11 is 11.5. The first-order valence-corrected chi connectivity index (χ1v) is 9.15. The zero-order chi connectivity index (χ0) is 19.5. The first kappa shape index (κ1) is 20.3. The summed E-state index contributed by atoms with van der Waals surface area (Å²) in [4.78, 5) is 11.7. The van der Waals surface area contributed by atoms with E-state index in [9.17, 15) is 26.4 Å². The standard InChI is InChI=1S/C15H11Cl2F3N2O3S/c16-11-6-5-9(7-12(11)17)26(24,25)22-13-4-2-1-3-10(13)14(23)21-8-15(18,19)20/h1-7,22H,8H2,(H,21,23). The largest absolute Gasteiger partial charge is 0.405 e. The molecule has 2 aromatic rings. The van der Waals surface area contributed by atoms with Gasteiger partial charge < -0.3 is 5.32 Å². The molecule has 0 bridgehead atoms. The normalized spacial score (nSPS) is 11.9. The highest BCUT2D eigenvalue weighted by molar-refractivity contribution is 7.92. The molecule has 140 valence electrons. The number of sulfonamides is 1. The molecule has 0 aliphatic rings. The van der Waals surface area contributed by atoms with Crippen molar-refractivity contribution in [2.45, 2.75) is 11.1 Å². The number of hydrogen-bond acceptors (Lipinski definition) is 3. The molecule has 0 radical (unpaired) electrons. The van der Waals surface area contributed by atoms with Gasteiger partial charge in [-0.1, -0.05) is 35.3 Å². The number of amides is 1. The lowest BCUT2D eigenvalue weighted by molar-refractivity contribution is -0.123. The third kappa shape index (κ3) is 5.26. The van der Waals surface area contributed by atoms with E-state index in [0.29, 0.717) is 0 Å². The number of rotatable bonds is 5. The average molecular weight is 427 g/mol. The summed E-state index contributed by atoms with van der Waals surface area (Å²) in [5.41, 5.74) is -0.446. The fraction of sp³-hybridized carbons (Fsp3) is 0.133. The number of alkyl halides is 3. The summed E-state index contributed by atoms with van der Waals surface area (Å²) in [6, 6.07) is 8.84. The monoisotopic (exact) mass is 426 g/mol. The minimum Gasteiger partial charge on any atom is -0.343 e. The van der Waals surface area contributed by atoms with Crippen LogP contribution in [0.15, 0.2) is 47.4 Å². The van der Waals surface area contributed by atoms with Crippen LogP contribution in [-0.2, 0) is 10.0 Å². The molecule has 11 heteroatoms. The number of anilines is 1. The van der Waals surface area contributed by atoms with Crippen LogP contribution in [0.4, 0.5) is 18.9 Å². The second kappa shape index (κ2) is 7.73. The van der Waals surface area contributed by atoms with Crippen LogP contribution in [0, 0.1) is 0 Å². The smallest absolute Gasteiger partial charge is 0.343 e. The van der Waals surface area contributed by atoms with Crippen LogP contribution in [0.2, 0.25) is 10.0 Å². The summed E-state index contributed by atoms with van der Waals surface area (Å²) in [6.07, 6.45) is -4.59. The second-order valence-corrected chi connectivity index (χ2v) is 7.52. The van der Waals surface area contributed by atoms with E-state index in [1.165, 1.54) is 36.4 Å². The zero-order valence-corrected chi connectivity index (χ0v) is 15.1. The summed E-state index contributed by atoms with van der Waals surface area (Å²) in [7, 11) is -4.15. The van der Waals surface area contributed by atoms with E-state index >= 15 is 0 Å². The van der Waals surface area contributed by atoms with E-state index in [2.05, 4.69) is 4.72 Å². The third-order valence-electron chi connectivity index (χ3n) is 3.07. The van der Waals surface area contributed by atoms with E-state index in [-0.39, 0.29) is 26.2 Å². The lowest BCUT2D eigenvalue weighted by atomic mass is 10.1. The number of carbonyl (C=O) groups excluding carboxylic acids is 1. The van der Waals surface area contributed by atoms with Gasteiger partial charge in [0.25, 0.3) is 15.9 Å². The van der Waals surface area contributed by atoms with Gasteiger partial charge in [0.15, 0.2) is 0 Å². The molecule has 0 heterocycles. The summed E-state index contributed by atoms with van der Waals surface area (Å²) in [5, 5.41) is 1.84. The molecule has 26 heavy (non-hydrogen) atoms. The molecule has 2 rings (SSSR count). The van der Waals surface area contributed by atoms with Gasteiger partial charge in [0.2, 0.25) is 0 Å². The van der Waals surface area contributed by atoms with Crippen LogP contribution in [-0.4, -0.2) is 27.0 Å². The molecule has 0 aliphatic carbocycles. The number of carbonyl (C=O) groups is 1. The van der Waals surface area contributed by atoms with E-state index in [0.717, 1.165) is 6.07 Å². The quantitative estimate of drug-likeness (QED) is 0.755. The Labute approximate surface area is 157 Å². The molecular formula is C15H11Cl2F3N2O3S. The maximum absolute atomic E-state index is 12.4. The highest BCUT2D eigenvalue weighted by atomic mass is 35.5. The first-order valence-electron chi connectivity index (χ1n) is 6.91. The molecule has 0 unspecified atom stereocenters. The lowest BCUT2D eigenvalue weighted by Gasteiger charge is -2.14. The molecule has 2 aromatic carbocycles. The van der Waals surface area contributed by atoms with Gasteiger partial charge in [-0.15, -0.1) is 0 Å². The Balaban J connectivity index is 2.29. The van der Waals surface area contributed by atoms with Crippen molar-refractivity contribution in [1.29, 1.82) is 0 Å². The predicted molar refractivity (Wildman–Crippen MR) is 92.1 cm³/mol. The minimum absolute atomic E-state index is 0.00532. The van der Waals surface area contributed by atoms with Crippen LogP contribution >= 0.6 is 23.2 Å². The highest BCUT2D eigenvalue weighted by Gasteiger charge is 2.28. The second-order valence-electron chi connectivity index (χ2n) is 5.02. The van der Waals surface area contributed by atoms with E-state index in [1.54, 1.807) is 5.32 Å². The molecule has 0 saturated carbocycles. The summed E-state index contributed by atoms with van der Waals surface area (Å²) in [5.74, 6) is -1.07. The number of para-hydroxylation sites is 1. The van der Waals surface area contributed by atoms with Gasteiger partial charge in [-0.2, -0.15) is 13.2 Å². The maximum atomic E-state index is 12.4. The van der Waals surface area contributed by atoms with Crippen LogP contribution in [0.3, 0.4) is 0 Å². The van der Waals surface area contributed by atoms with Crippen molar-refractivity contribution in [1.82, 2.24) is 5.32 Å². The lowest BCUT2D eigenvalue weighted by Crippen LogP contribution is -2.34. The van der Waals surface area contributed by atoms with E-state index < -0.39 is 28.7 Å². The zero-order valence-electron chi connectivity index (χ0n) is 12.8. The molecule has 0 saturated heterocycles. The molecule has 0 fully saturated rings. The maximum Gasteiger partial charge on any atom is 0.405 e. The van der Waals surface area contributed by atoms with Crippen molar-refractivity contribution in [2.75, 3.05) is 11.3 Å². The Hall–Kier alpha value is -1.97. The van der Waals surface area contributed by atoms with Gasteiger partial charge in [0.1, 0.15) is 6.54 Å². The topological polar surface area (TPSA) is 75.3 Å². The molecule has 2 N–H and O–H groups in total. The predicted octanol–water partition coefficient (Wildman–Crippen LogP) is 4.09. The van der Waals surface area contributed by atoms with E-state index in [4.69, 9.17) is 23.2 Å². The molecular weight excluding hydrogens is 416 g/mol. The molecule has 0 atom stereocenters. The summed E-state index contributed by atoms with van der Waals surface area (Å²) < 4.78 is 63.8. The van der Waals surface area contributed by atoms with Gasteiger partial charge in [0, 0.05) is 0 Å². The van der Waals surface area contributed by atoms with Crippen molar-refractivity contribution in [3.8, 4) is 0 Å². The SMILES string of the molecule is O=C(NCC(F)(F)F)c1ccccc1NS(=O)(=O)c1ccc(Cl)c(Cl)c1. The van der Waals surface area contributed by atoms with Crippen molar-refractivity contribution in [3.05, 3.63) is 58.1 Å². The van der Waals surface area contributed by atoms with Crippen LogP contribution < -0.4 is 10.0 Å². The third-order valence-corrected chi connectivity index (χ3v) is 5.17. The highest BCUT2D eigenvalue weighted by Crippen LogP contribution is 2.27. The van der Waals surface area contributed by atoms with Gasteiger partial charge in [-0.05, 0) is 30.3 Å². The van der Waals surface area contributed by atoms with E-state index in [1.807, 2.05) is 0 Å². The number of benzene rings is 2. The molecule has 0 aromatic heterocycles. The molecule has 0 spiro atoms. The number of hydrogen-bond donors (Lipinski definition) is 2. The van der Waals surface area contributed by atoms with Gasteiger partial charge in [-0.25, -0.2) is 8.42 Å².